The van der Waals surface area contributed by atoms with Crippen LogP contribution in [0.4, 0.5) is 0 Å². The minimum absolute atomic E-state index is 0.404. The first-order valence-corrected chi connectivity index (χ1v) is 21.1. The van der Waals surface area contributed by atoms with E-state index in [-0.39, 0.29) is 0 Å². The van der Waals surface area contributed by atoms with Gasteiger partial charge in [-0.15, -0.1) is 0 Å². The Morgan fingerprint density at radius 2 is 0.774 bits per heavy atom. The average Bonchev–Trinajstić information content (AvgIpc) is 3.99. The van der Waals surface area contributed by atoms with E-state index in [1.807, 2.05) is 48.5 Å². The van der Waals surface area contributed by atoms with Crippen molar-refractivity contribution < 1.29 is 4.42 Å². The van der Waals surface area contributed by atoms with Gasteiger partial charge in [0.05, 0.1) is 5.41 Å². The van der Waals surface area contributed by atoms with Crippen LogP contribution in [0.25, 0.3) is 101 Å². The minimum Gasteiger partial charge on any atom is -0.456 e. The van der Waals surface area contributed by atoms with Gasteiger partial charge in [-0.3, -0.25) is 0 Å². The van der Waals surface area contributed by atoms with Crippen LogP contribution < -0.4 is 0 Å². The van der Waals surface area contributed by atoms with E-state index >= 15 is 0 Å². The van der Waals surface area contributed by atoms with Gasteiger partial charge < -0.3 is 4.42 Å². The number of rotatable bonds is 5. The Kier molecular flexibility index (Phi) is 7.49. The summed E-state index contributed by atoms with van der Waals surface area (Å²) >= 11 is 0. The Hall–Kier alpha value is -8.21. The largest absolute Gasteiger partial charge is 0.456 e. The van der Waals surface area contributed by atoms with Crippen LogP contribution in [-0.2, 0) is 5.41 Å². The van der Waals surface area contributed by atoms with E-state index in [0.717, 1.165) is 55.3 Å². The third-order valence-electron chi connectivity index (χ3n) is 13.0. The number of hydrogen-bond donors (Lipinski definition) is 0. The molecule has 4 nitrogen and oxygen atoms in total. The van der Waals surface area contributed by atoms with Crippen molar-refractivity contribution in [3.05, 3.63) is 235 Å². The molecule has 62 heavy (non-hydrogen) atoms. The zero-order chi connectivity index (χ0) is 40.8. The zero-order valence-corrected chi connectivity index (χ0v) is 33.5. The molecule has 11 aromatic rings. The number of aromatic nitrogens is 3. The molecule has 0 N–H and O–H groups in total. The van der Waals surface area contributed by atoms with Crippen molar-refractivity contribution in [2.24, 2.45) is 0 Å². The molecular formula is C58H35N3O. The van der Waals surface area contributed by atoms with E-state index in [0.29, 0.717) is 17.5 Å². The first-order chi connectivity index (χ1) is 30.8. The fraction of sp³-hybridized carbons (Fsp3) is 0.0172. The molecule has 13 rings (SSSR count). The molecule has 1 spiro atoms. The molecule has 0 radical (unpaired) electrons. The molecule has 0 amide bonds. The van der Waals surface area contributed by atoms with Gasteiger partial charge in [-0.25, -0.2) is 15.0 Å². The van der Waals surface area contributed by atoms with Crippen molar-refractivity contribution >= 4 is 21.9 Å². The van der Waals surface area contributed by atoms with Gasteiger partial charge in [0.2, 0.25) is 0 Å². The lowest BCUT2D eigenvalue weighted by atomic mass is 9.70. The fourth-order valence-electron chi connectivity index (χ4n) is 10.5. The highest BCUT2D eigenvalue weighted by Gasteiger charge is 2.51. The van der Waals surface area contributed by atoms with Crippen LogP contribution in [0.3, 0.4) is 0 Å². The van der Waals surface area contributed by atoms with Crippen LogP contribution in [0.5, 0.6) is 0 Å². The van der Waals surface area contributed by atoms with Crippen LogP contribution in [-0.4, -0.2) is 15.0 Å². The van der Waals surface area contributed by atoms with Crippen molar-refractivity contribution in [1.82, 2.24) is 15.0 Å². The third-order valence-corrected chi connectivity index (χ3v) is 13.0. The van der Waals surface area contributed by atoms with Crippen molar-refractivity contribution in [3.8, 4) is 78.7 Å². The predicted molar refractivity (Wildman–Crippen MR) is 251 cm³/mol. The van der Waals surface area contributed by atoms with Crippen molar-refractivity contribution in [2.75, 3.05) is 0 Å². The second-order valence-electron chi connectivity index (χ2n) is 16.2. The Balaban J connectivity index is 0.993. The lowest BCUT2D eigenvalue weighted by Gasteiger charge is -2.30. The number of para-hydroxylation sites is 1. The standard InChI is InChI=1S/C58H35N3O/c1-2-17-36(18-3-1)55-59-56(61-57(60-55)46-28-16-34-52-54(46)45-26-9-13-33-51(45)62-52)43-24-5-4-21-39(43)37-19-14-20-38(35-37)40-27-15-32-50-53(40)44-25-8-12-31-49(44)58(50)47-29-10-6-22-41(47)42-23-7-11-30-48(42)58/h1-35H. The summed E-state index contributed by atoms with van der Waals surface area (Å²) in [7, 11) is 0. The smallest absolute Gasteiger partial charge is 0.164 e. The molecule has 2 aromatic heterocycles. The molecule has 288 valence electrons. The SMILES string of the molecule is c1ccc(-c2nc(-c3ccccc3-c3cccc(-c4cccc5c4-c4ccccc4C54c5ccccc5-c5ccccc54)c3)nc(-c3cccc4oc5ccccc5c34)n2)cc1. The lowest BCUT2D eigenvalue weighted by Crippen LogP contribution is -2.25. The maximum Gasteiger partial charge on any atom is 0.164 e. The summed E-state index contributed by atoms with van der Waals surface area (Å²) in [5.41, 5.74) is 19.0. The summed E-state index contributed by atoms with van der Waals surface area (Å²) in [5, 5.41) is 2.02. The number of furan rings is 1. The topological polar surface area (TPSA) is 51.8 Å². The molecule has 9 aromatic carbocycles. The molecule has 0 bridgehead atoms. The van der Waals surface area contributed by atoms with E-state index in [4.69, 9.17) is 19.4 Å². The van der Waals surface area contributed by atoms with Crippen LogP contribution in [0.15, 0.2) is 217 Å². The quantitative estimate of drug-likeness (QED) is 0.174. The zero-order valence-electron chi connectivity index (χ0n) is 33.5. The first-order valence-electron chi connectivity index (χ1n) is 21.1. The Labute approximate surface area is 358 Å². The van der Waals surface area contributed by atoms with Crippen molar-refractivity contribution in [3.63, 3.8) is 0 Å². The summed E-state index contributed by atoms with van der Waals surface area (Å²) in [5.74, 6) is 1.81. The third kappa shape index (κ3) is 4.92. The maximum atomic E-state index is 6.30. The van der Waals surface area contributed by atoms with Gasteiger partial charge in [0, 0.05) is 27.5 Å². The average molecular weight is 790 g/mol. The second-order valence-corrected chi connectivity index (χ2v) is 16.2. The predicted octanol–water partition coefficient (Wildman–Crippen LogP) is 14.4. The second kappa shape index (κ2) is 13.4. The normalized spacial score (nSPS) is 13.0. The number of hydrogen-bond acceptors (Lipinski definition) is 4. The van der Waals surface area contributed by atoms with Gasteiger partial charge in [-0.2, -0.15) is 0 Å². The Morgan fingerprint density at radius 3 is 1.53 bits per heavy atom. The van der Waals surface area contributed by atoms with Gasteiger partial charge in [0.1, 0.15) is 11.2 Å². The van der Waals surface area contributed by atoms with Crippen LogP contribution in [0.1, 0.15) is 22.3 Å². The summed E-state index contributed by atoms with van der Waals surface area (Å²) < 4.78 is 6.30. The molecular weight excluding hydrogens is 755 g/mol. The van der Waals surface area contributed by atoms with Gasteiger partial charge in [0.15, 0.2) is 17.5 Å². The highest BCUT2D eigenvalue weighted by atomic mass is 16.3. The molecule has 0 saturated carbocycles. The molecule has 2 heterocycles. The van der Waals surface area contributed by atoms with E-state index in [1.54, 1.807) is 0 Å². The number of nitrogens with zero attached hydrogens (tertiary/aromatic N) is 3. The molecule has 2 aliphatic rings. The van der Waals surface area contributed by atoms with Crippen molar-refractivity contribution in [1.29, 1.82) is 0 Å². The Morgan fingerprint density at radius 1 is 0.306 bits per heavy atom. The first kappa shape index (κ1) is 34.6. The van der Waals surface area contributed by atoms with Gasteiger partial charge >= 0.3 is 0 Å². The highest BCUT2D eigenvalue weighted by Crippen LogP contribution is 2.64. The molecule has 0 atom stereocenters. The summed E-state index contributed by atoms with van der Waals surface area (Å²) in [6, 6.07) is 75.7. The van der Waals surface area contributed by atoms with E-state index in [2.05, 4.69) is 164 Å². The maximum absolute atomic E-state index is 6.30. The van der Waals surface area contributed by atoms with Gasteiger partial charge in [-0.05, 0) is 85.0 Å². The van der Waals surface area contributed by atoms with Crippen molar-refractivity contribution in [2.45, 2.75) is 5.41 Å². The van der Waals surface area contributed by atoms with Crippen LogP contribution >= 0.6 is 0 Å². The van der Waals surface area contributed by atoms with Crippen LogP contribution in [0, 0.1) is 0 Å². The fourth-order valence-corrected chi connectivity index (χ4v) is 10.5. The molecule has 4 heteroatoms. The van der Waals surface area contributed by atoms with E-state index < -0.39 is 5.41 Å². The molecule has 0 saturated heterocycles. The summed E-state index contributed by atoms with van der Waals surface area (Å²) in [6.45, 7) is 0. The lowest BCUT2D eigenvalue weighted by molar-refractivity contribution is 0.669. The molecule has 0 fully saturated rings. The van der Waals surface area contributed by atoms with Gasteiger partial charge in [-0.1, -0.05) is 194 Å². The van der Waals surface area contributed by atoms with E-state index in [1.165, 1.54) is 50.1 Å². The molecule has 2 aliphatic carbocycles. The van der Waals surface area contributed by atoms with E-state index in [9.17, 15) is 0 Å². The summed E-state index contributed by atoms with van der Waals surface area (Å²) in [4.78, 5) is 15.6. The summed E-state index contributed by atoms with van der Waals surface area (Å²) in [6.07, 6.45) is 0. The molecule has 0 aliphatic heterocycles. The minimum atomic E-state index is -0.404. The monoisotopic (exact) mass is 789 g/mol. The Bertz CT molecular complexity index is 3560. The van der Waals surface area contributed by atoms with Crippen LogP contribution in [0.2, 0.25) is 0 Å². The number of benzene rings is 9. The molecule has 0 unspecified atom stereocenters. The highest BCUT2D eigenvalue weighted by molar-refractivity contribution is 6.12. The number of fused-ring (bicyclic) bond motifs is 13. The van der Waals surface area contributed by atoms with Gasteiger partial charge in [0.25, 0.3) is 0 Å².